The largest absolute Gasteiger partial charge is 0.343 e. The molecule has 6 heteroatoms. The number of nitrogens with one attached hydrogen (secondary N) is 2. The van der Waals surface area contributed by atoms with E-state index in [0.717, 1.165) is 32.2 Å². The number of amides is 3. The third kappa shape index (κ3) is 5.62. The van der Waals surface area contributed by atoms with E-state index in [1.165, 1.54) is 0 Å². The van der Waals surface area contributed by atoms with E-state index in [4.69, 9.17) is 5.26 Å². The summed E-state index contributed by atoms with van der Waals surface area (Å²) in [4.78, 5) is 25.5. The van der Waals surface area contributed by atoms with Crippen LogP contribution in [-0.2, 0) is 4.79 Å². The van der Waals surface area contributed by atoms with Crippen molar-refractivity contribution in [1.29, 1.82) is 5.26 Å². The van der Waals surface area contributed by atoms with E-state index in [1.807, 2.05) is 11.0 Å². The van der Waals surface area contributed by atoms with Crippen LogP contribution in [0.5, 0.6) is 0 Å². The van der Waals surface area contributed by atoms with Crippen molar-refractivity contribution < 1.29 is 9.59 Å². The van der Waals surface area contributed by atoms with Crippen LogP contribution in [0.3, 0.4) is 0 Å². The predicted molar refractivity (Wildman–Crippen MR) is 87.8 cm³/mol. The van der Waals surface area contributed by atoms with Crippen molar-refractivity contribution in [3.05, 3.63) is 29.8 Å². The van der Waals surface area contributed by atoms with Gasteiger partial charge in [0, 0.05) is 31.7 Å². The summed E-state index contributed by atoms with van der Waals surface area (Å²) in [5.74, 6) is 0.226. The summed E-state index contributed by atoms with van der Waals surface area (Å²) in [6.07, 6.45) is 4.56. The molecule has 0 radical (unpaired) electrons. The molecule has 1 aliphatic rings. The molecule has 2 N–H and O–H groups in total. The zero-order valence-corrected chi connectivity index (χ0v) is 13.2. The van der Waals surface area contributed by atoms with Gasteiger partial charge in [0.2, 0.25) is 5.91 Å². The van der Waals surface area contributed by atoms with Crippen molar-refractivity contribution in [2.45, 2.75) is 32.1 Å². The van der Waals surface area contributed by atoms with Crippen LogP contribution < -0.4 is 10.6 Å². The minimum atomic E-state index is -0.281. The second kappa shape index (κ2) is 8.79. The zero-order valence-electron chi connectivity index (χ0n) is 13.2. The minimum absolute atomic E-state index is 0.226. The highest BCUT2D eigenvalue weighted by Gasteiger charge is 2.15. The second-order valence-electron chi connectivity index (χ2n) is 5.62. The fourth-order valence-electron chi connectivity index (χ4n) is 2.55. The summed E-state index contributed by atoms with van der Waals surface area (Å²) in [6, 6.07) is 8.43. The van der Waals surface area contributed by atoms with E-state index in [0.29, 0.717) is 30.8 Å². The molecule has 0 unspecified atom stereocenters. The highest BCUT2D eigenvalue weighted by atomic mass is 16.2. The Kier molecular flexibility index (Phi) is 6.42. The number of urea groups is 1. The maximum absolute atomic E-state index is 11.8. The van der Waals surface area contributed by atoms with Crippen LogP contribution in [0.25, 0.3) is 0 Å². The first-order valence-electron chi connectivity index (χ1n) is 8.02. The maximum atomic E-state index is 11.8. The van der Waals surface area contributed by atoms with Crippen molar-refractivity contribution >= 4 is 17.6 Å². The van der Waals surface area contributed by atoms with Crippen molar-refractivity contribution in [1.82, 2.24) is 10.2 Å². The van der Waals surface area contributed by atoms with Gasteiger partial charge in [-0.2, -0.15) is 5.26 Å². The molecule has 1 heterocycles. The number of nitrogens with zero attached hydrogens (tertiary/aromatic N) is 2. The number of hydrogen-bond donors (Lipinski definition) is 2. The van der Waals surface area contributed by atoms with Gasteiger partial charge >= 0.3 is 6.03 Å². The summed E-state index contributed by atoms with van der Waals surface area (Å²) in [5, 5.41) is 14.2. The van der Waals surface area contributed by atoms with Crippen LogP contribution in [0.1, 0.15) is 37.7 Å². The van der Waals surface area contributed by atoms with Crippen molar-refractivity contribution in [2.24, 2.45) is 0 Å². The molecular formula is C17H22N4O2. The molecule has 1 aromatic carbocycles. The van der Waals surface area contributed by atoms with Crippen molar-refractivity contribution in [2.75, 3.05) is 25.0 Å². The Hall–Kier alpha value is -2.55. The number of nitriles is 1. The summed E-state index contributed by atoms with van der Waals surface area (Å²) >= 11 is 0. The number of likely N-dealkylation sites (tertiary alicyclic amines) is 1. The molecule has 1 aromatic rings. The highest BCUT2D eigenvalue weighted by Crippen LogP contribution is 2.11. The summed E-state index contributed by atoms with van der Waals surface area (Å²) in [6.45, 7) is 2.04. The number of carbonyl (C=O) groups is 2. The SMILES string of the molecule is N#Cc1ccc(NC(=O)NCCCN2CCCCCC2=O)cc1. The molecule has 1 fully saturated rings. The summed E-state index contributed by atoms with van der Waals surface area (Å²) in [7, 11) is 0. The maximum Gasteiger partial charge on any atom is 0.319 e. The van der Waals surface area contributed by atoms with Crippen LogP contribution in [-0.4, -0.2) is 36.5 Å². The topological polar surface area (TPSA) is 85.2 Å². The molecule has 0 spiro atoms. The number of hydrogen-bond acceptors (Lipinski definition) is 3. The van der Waals surface area contributed by atoms with Gasteiger partial charge in [-0.25, -0.2) is 4.79 Å². The molecule has 6 nitrogen and oxygen atoms in total. The van der Waals surface area contributed by atoms with E-state index in [1.54, 1.807) is 24.3 Å². The van der Waals surface area contributed by atoms with Gasteiger partial charge in [-0.3, -0.25) is 4.79 Å². The zero-order chi connectivity index (χ0) is 16.5. The average Bonchev–Trinajstić information content (AvgIpc) is 2.77. The number of rotatable bonds is 5. The molecule has 0 bridgehead atoms. The lowest BCUT2D eigenvalue weighted by molar-refractivity contribution is -0.130. The standard InChI is InChI=1S/C17H22N4O2/c18-13-14-6-8-15(9-7-14)20-17(23)19-10-4-12-21-11-3-1-2-5-16(21)22/h6-9H,1-5,10-12H2,(H2,19,20,23). The fraction of sp³-hybridized carbons (Fsp3) is 0.471. The first-order valence-corrected chi connectivity index (χ1v) is 8.02. The Morgan fingerprint density at radius 1 is 1.22 bits per heavy atom. The number of carbonyl (C=O) groups excluding carboxylic acids is 2. The van der Waals surface area contributed by atoms with Crippen LogP contribution in [0.4, 0.5) is 10.5 Å². The van der Waals surface area contributed by atoms with Gasteiger partial charge < -0.3 is 15.5 Å². The highest BCUT2D eigenvalue weighted by molar-refractivity contribution is 5.89. The Labute approximate surface area is 136 Å². The lowest BCUT2D eigenvalue weighted by Crippen LogP contribution is -2.35. The molecule has 122 valence electrons. The third-order valence-electron chi connectivity index (χ3n) is 3.83. The van der Waals surface area contributed by atoms with Gasteiger partial charge in [-0.15, -0.1) is 0 Å². The van der Waals surface area contributed by atoms with E-state index in [-0.39, 0.29) is 11.9 Å². The monoisotopic (exact) mass is 314 g/mol. The second-order valence-corrected chi connectivity index (χ2v) is 5.62. The van der Waals surface area contributed by atoms with Crippen molar-refractivity contribution in [3.63, 3.8) is 0 Å². The Balaban J connectivity index is 1.66. The number of anilines is 1. The van der Waals surface area contributed by atoms with E-state index in [2.05, 4.69) is 10.6 Å². The van der Waals surface area contributed by atoms with E-state index in [9.17, 15) is 9.59 Å². The molecule has 2 rings (SSSR count). The van der Waals surface area contributed by atoms with Crippen LogP contribution in [0.2, 0.25) is 0 Å². The van der Waals surface area contributed by atoms with Crippen LogP contribution in [0.15, 0.2) is 24.3 Å². The van der Waals surface area contributed by atoms with Crippen molar-refractivity contribution in [3.8, 4) is 6.07 Å². The van der Waals surface area contributed by atoms with Gasteiger partial charge in [0.15, 0.2) is 0 Å². The van der Waals surface area contributed by atoms with E-state index >= 15 is 0 Å². The van der Waals surface area contributed by atoms with Crippen LogP contribution in [0, 0.1) is 11.3 Å². The predicted octanol–water partition coefficient (Wildman–Crippen LogP) is 2.47. The Bertz CT molecular complexity index is 577. The minimum Gasteiger partial charge on any atom is -0.343 e. The van der Waals surface area contributed by atoms with Crippen LogP contribution >= 0.6 is 0 Å². The van der Waals surface area contributed by atoms with Gasteiger partial charge in [-0.1, -0.05) is 6.42 Å². The molecular weight excluding hydrogens is 292 g/mol. The average molecular weight is 314 g/mol. The smallest absolute Gasteiger partial charge is 0.319 e. The molecule has 0 atom stereocenters. The molecule has 1 aliphatic heterocycles. The molecule has 0 aromatic heterocycles. The number of benzene rings is 1. The molecule has 1 saturated heterocycles. The quantitative estimate of drug-likeness (QED) is 0.819. The Morgan fingerprint density at radius 2 is 2.00 bits per heavy atom. The molecule has 0 aliphatic carbocycles. The van der Waals surface area contributed by atoms with Gasteiger partial charge in [0.25, 0.3) is 0 Å². The molecule has 23 heavy (non-hydrogen) atoms. The van der Waals surface area contributed by atoms with E-state index < -0.39 is 0 Å². The first-order chi connectivity index (χ1) is 11.2. The summed E-state index contributed by atoms with van der Waals surface area (Å²) < 4.78 is 0. The third-order valence-corrected chi connectivity index (χ3v) is 3.83. The van der Waals surface area contributed by atoms with Gasteiger partial charge in [0.05, 0.1) is 11.6 Å². The summed E-state index contributed by atoms with van der Waals surface area (Å²) in [5.41, 5.74) is 1.20. The lowest BCUT2D eigenvalue weighted by atomic mass is 10.2. The normalized spacial score (nSPS) is 14.7. The first kappa shape index (κ1) is 16.8. The lowest BCUT2D eigenvalue weighted by Gasteiger charge is -2.20. The van der Waals surface area contributed by atoms with Gasteiger partial charge in [0.1, 0.15) is 0 Å². The molecule has 0 saturated carbocycles. The van der Waals surface area contributed by atoms with Gasteiger partial charge in [-0.05, 0) is 43.5 Å². The Morgan fingerprint density at radius 3 is 2.74 bits per heavy atom. The molecule has 3 amide bonds. The fourth-order valence-corrected chi connectivity index (χ4v) is 2.55.